The van der Waals surface area contributed by atoms with Gasteiger partial charge in [0.2, 0.25) is 11.8 Å². The van der Waals surface area contributed by atoms with E-state index < -0.39 is 11.9 Å². The van der Waals surface area contributed by atoms with Crippen molar-refractivity contribution >= 4 is 41.0 Å². The van der Waals surface area contributed by atoms with E-state index in [4.69, 9.17) is 0 Å². The molecule has 3 aliphatic heterocycles. The van der Waals surface area contributed by atoms with Crippen molar-refractivity contribution in [2.24, 2.45) is 22.9 Å². The molecule has 33 heavy (non-hydrogen) atoms. The van der Waals surface area contributed by atoms with Crippen molar-refractivity contribution in [2.75, 3.05) is 27.7 Å². The number of thioether (sulfide) groups is 1. The number of carbonyl (C=O) groups excluding carboxylic acids is 3. The van der Waals surface area contributed by atoms with Crippen molar-refractivity contribution in [3.05, 3.63) is 10.6 Å². The van der Waals surface area contributed by atoms with Crippen molar-refractivity contribution in [2.45, 2.75) is 50.9 Å². The van der Waals surface area contributed by atoms with Crippen molar-refractivity contribution in [3.63, 3.8) is 0 Å². The van der Waals surface area contributed by atoms with Crippen LogP contribution in [0.15, 0.2) is 15.8 Å². The Morgan fingerprint density at radius 2 is 2.03 bits per heavy atom. The average Bonchev–Trinajstić information content (AvgIpc) is 3.29. The molecule has 0 radical (unpaired) electrons. The molecule has 3 rings (SSSR count). The number of carbonyl (C=O) groups is 4. The predicted molar refractivity (Wildman–Crippen MR) is 123 cm³/mol. The van der Waals surface area contributed by atoms with Gasteiger partial charge in [-0.3, -0.25) is 14.4 Å². The van der Waals surface area contributed by atoms with Crippen LogP contribution in [0.3, 0.4) is 0 Å². The van der Waals surface area contributed by atoms with Gasteiger partial charge in [-0.05, 0) is 19.3 Å². The number of oxime groups is 1. The summed E-state index contributed by atoms with van der Waals surface area (Å²) in [5.74, 6) is -2.45. The Labute approximate surface area is 197 Å². The number of amides is 2. The lowest BCUT2D eigenvalue weighted by Crippen LogP contribution is -2.62. The molecule has 0 aromatic carbocycles. The molecule has 3 heterocycles. The van der Waals surface area contributed by atoms with E-state index in [9.17, 15) is 24.3 Å². The summed E-state index contributed by atoms with van der Waals surface area (Å²) in [6, 6.07) is -0.584. The number of hydrogen-bond acceptors (Lipinski definition) is 8. The Bertz CT molecular complexity index is 917. The third-order valence-corrected chi connectivity index (χ3v) is 8.18. The van der Waals surface area contributed by atoms with Crippen LogP contribution in [0.5, 0.6) is 0 Å². The smallest absolute Gasteiger partial charge is 0.353 e. The van der Waals surface area contributed by atoms with Gasteiger partial charge in [-0.25, -0.2) is 4.79 Å². The summed E-state index contributed by atoms with van der Waals surface area (Å²) < 4.78 is 0. The summed E-state index contributed by atoms with van der Waals surface area (Å²) in [5.41, 5.74) is 0.278. The molecule has 2 N–H and O–H groups in total. The predicted octanol–water partition coefficient (Wildman–Crippen LogP) is 0.929. The Morgan fingerprint density at radius 3 is 2.61 bits per heavy atom. The minimum Gasteiger partial charge on any atom is -0.477 e. The van der Waals surface area contributed by atoms with Crippen LogP contribution in [-0.2, 0) is 24.0 Å². The number of carboxylic acid groups (broad SMARTS) is 1. The lowest BCUT2D eigenvalue weighted by Gasteiger charge is -2.47. The summed E-state index contributed by atoms with van der Waals surface area (Å²) in [6.45, 7) is 5.93. The van der Waals surface area contributed by atoms with Gasteiger partial charge in [0, 0.05) is 43.1 Å². The highest BCUT2D eigenvalue weighted by molar-refractivity contribution is 8.03. The fourth-order valence-electron chi connectivity index (χ4n) is 4.99. The molecule has 182 valence electrons. The first-order valence-electron chi connectivity index (χ1n) is 11.0. The minimum atomic E-state index is -1.13. The largest absolute Gasteiger partial charge is 0.477 e. The molecule has 0 unspecified atom stereocenters. The molecular formula is C22H32N4O6S. The maximum Gasteiger partial charge on any atom is 0.353 e. The van der Waals surface area contributed by atoms with Gasteiger partial charge in [0.25, 0.3) is 0 Å². The molecule has 2 fully saturated rings. The Balaban J connectivity index is 1.74. The number of nitrogens with zero attached hydrogens (tertiary/aromatic N) is 3. The monoisotopic (exact) mass is 480 g/mol. The molecule has 10 nitrogen and oxygen atoms in total. The van der Waals surface area contributed by atoms with E-state index in [0.717, 1.165) is 0 Å². The maximum atomic E-state index is 13.0. The van der Waals surface area contributed by atoms with E-state index >= 15 is 0 Å². The topological polar surface area (TPSA) is 129 Å². The number of aliphatic carboxylic acids is 1. The quantitative estimate of drug-likeness (QED) is 0.283. The van der Waals surface area contributed by atoms with Gasteiger partial charge in [-0.2, -0.15) is 0 Å². The van der Waals surface area contributed by atoms with Gasteiger partial charge in [0.15, 0.2) is 5.78 Å². The molecular weight excluding hydrogens is 448 g/mol. The number of rotatable bonds is 9. The number of Topliss-reactive ketones (excluding diaryl/α,β-unsaturated/α-hetero) is 1. The fourth-order valence-corrected chi connectivity index (χ4v) is 6.47. The molecule has 0 saturated carbocycles. The molecule has 0 spiro atoms. The van der Waals surface area contributed by atoms with Gasteiger partial charge in [-0.15, -0.1) is 11.8 Å². The molecule has 3 aliphatic rings. The van der Waals surface area contributed by atoms with Crippen LogP contribution in [-0.4, -0.2) is 89.3 Å². The third-order valence-electron chi connectivity index (χ3n) is 6.67. The van der Waals surface area contributed by atoms with E-state index in [-0.39, 0.29) is 64.6 Å². The summed E-state index contributed by atoms with van der Waals surface area (Å²) in [5, 5.41) is 16.8. The molecule has 2 saturated heterocycles. The molecule has 6 atom stereocenters. The van der Waals surface area contributed by atoms with E-state index in [1.807, 2.05) is 13.8 Å². The first-order chi connectivity index (χ1) is 15.5. The van der Waals surface area contributed by atoms with E-state index in [2.05, 4.69) is 15.3 Å². The molecule has 0 aromatic rings. The van der Waals surface area contributed by atoms with Crippen molar-refractivity contribution in [1.82, 2.24) is 15.1 Å². The molecule has 0 aliphatic carbocycles. The Morgan fingerprint density at radius 1 is 1.36 bits per heavy atom. The van der Waals surface area contributed by atoms with Crippen molar-refractivity contribution < 1.29 is 29.1 Å². The second-order valence-corrected chi connectivity index (χ2v) is 10.5. The lowest BCUT2D eigenvalue weighted by molar-refractivity contribution is -0.160. The highest BCUT2D eigenvalue weighted by Gasteiger charge is 2.60. The number of hydrogen-bond donors (Lipinski definition) is 2. The highest BCUT2D eigenvalue weighted by Crippen LogP contribution is 2.53. The maximum absolute atomic E-state index is 13.0. The van der Waals surface area contributed by atoms with Gasteiger partial charge in [-0.1, -0.05) is 19.0 Å². The second-order valence-electron chi connectivity index (χ2n) is 9.16. The number of fused-ring (bicyclic) bond motifs is 1. The summed E-state index contributed by atoms with van der Waals surface area (Å²) in [4.78, 5) is 58.0. The normalized spacial score (nSPS) is 30.1. The van der Waals surface area contributed by atoms with Crippen molar-refractivity contribution in [1.29, 1.82) is 0 Å². The van der Waals surface area contributed by atoms with Gasteiger partial charge in [0.1, 0.15) is 18.5 Å². The van der Waals surface area contributed by atoms with E-state index in [1.54, 1.807) is 25.9 Å². The lowest BCUT2D eigenvalue weighted by atomic mass is 9.73. The zero-order valence-electron chi connectivity index (χ0n) is 19.8. The second kappa shape index (κ2) is 9.84. The van der Waals surface area contributed by atoms with Crippen LogP contribution in [0.1, 0.15) is 33.6 Å². The summed E-state index contributed by atoms with van der Waals surface area (Å²) in [6.07, 6.45) is 0.730. The first-order valence-corrected chi connectivity index (χ1v) is 11.9. The summed E-state index contributed by atoms with van der Waals surface area (Å²) in [7, 11) is 4.78. The van der Waals surface area contributed by atoms with Gasteiger partial charge < -0.3 is 25.1 Å². The number of β-lactam (4-membered cyclic amide) rings is 1. The molecule has 2 amide bonds. The number of likely N-dealkylation sites (N-methyl/N-ethyl adjacent to an activating group) is 1. The molecule has 11 heteroatoms. The number of nitrogens with one attached hydrogen (secondary N) is 1. The zero-order valence-corrected chi connectivity index (χ0v) is 20.6. The van der Waals surface area contributed by atoms with Crippen LogP contribution >= 0.6 is 11.8 Å². The van der Waals surface area contributed by atoms with Crippen molar-refractivity contribution in [3.8, 4) is 0 Å². The SMILES string of the molecule is CO/N=C(/C)C(=O)C[C@H](C)[C@H]1C(=O)N2C(C(=O)O)=C(S[C@@H]3CN[C@H](C(=O)N(C)C)C3)[C@H](C)[C@H]12. The van der Waals surface area contributed by atoms with Crippen LogP contribution in [0.2, 0.25) is 0 Å². The van der Waals surface area contributed by atoms with Crippen LogP contribution < -0.4 is 5.32 Å². The van der Waals surface area contributed by atoms with Gasteiger partial charge >= 0.3 is 5.97 Å². The van der Waals surface area contributed by atoms with E-state index in [1.165, 1.54) is 23.8 Å². The van der Waals surface area contributed by atoms with Crippen LogP contribution in [0.25, 0.3) is 0 Å². The summed E-state index contributed by atoms with van der Waals surface area (Å²) >= 11 is 1.45. The number of ketones is 1. The standard InChI is InChI=1S/C22H32N4O6S/c1-10(7-15(27)12(3)24-32-6)16-17-11(2)19(18(22(30)31)26(17)21(16)29)33-13-8-14(23-9-13)20(28)25(4)5/h10-11,13-14,16-17,23H,7-9H2,1-6H3,(H,30,31)/b24-12-/t10-,11+,13-,14-,16+,17+/m0/s1. The highest BCUT2D eigenvalue weighted by atomic mass is 32.2. The van der Waals surface area contributed by atoms with Crippen LogP contribution in [0, 0.1) is 17.8 Å². The molecule has 0 bridgehead atoms. The Kier molecular flexibility index (Phi) is 7.52. The molecule has 0 aromatic heterocycles. The third kappa shape index (κ3) is 4.65. The zero-order chi connectivity index (χ0) is 24.6. The van der Waals surface area contributed by atoms with Crippen LogP contribution in [0.4, 0.5) is 0 Å². The minimum absolute atomic E-state index is 0.00475. The van der Waals surface area contributed by atoms with Gasteiger partial charge in [0.05, 0.1) is 18.0 Å². The van der Waals surface area contributed by atoms with E-state index in [0.29, 0.717) is 17.9 Å². The average molecular weight is 481 g/mol. The number of carboxylic acids is 1. The first kappa shape index (κ1) is 25.2. The fraction of sp³-hybridized carbons (Fsp3) is 0.682. The Hall–Kier alpha value is -2.40.